The van der Waals surface area contributed by atoms with Crippen LogP contribution in [0.1, 0.15) is 71.3 Å². The number of amides is 2. The monoisotopic (exact) mass is 429 g/mol. The van der Waals surface area contributed by atoms with Gasteiger partial charge in [-0.05, 0) is 43.9 Å². The third-order valence-electron chi connectivity index (χ3n) is 6.18. The minimum Gasteiger partial charge on any atom is -0.373 e. The quantitative estimate of drug-likeness (QED) is 0.775. The fraction of sp³-hybridized carbons (Fsp3) is 0.478. The zero-order valence-electron chi connectivity index (χ0n) is 17.5. The highest BCUT2D eigenvalue weighted by Crippen LogP contribution is 2.28. The number of fused-ring (bicyclic) bond motifs is 1. The normalized spacial score (nSPS) is 19.4. The van der Waals surface area contributed by atoms with Gasteiger partial charge in [-0.15, -0.1) is 0 Å². The summed E-state index contributed by atoms with van der Waals surface area (Å²) in [6.07, 6.45) is 2.74. The first-order valence-electron chi connectivity index (χ1n) is 10.7. The van der Waals surface area contributed by atoms with Gasteiger partial charge in [0.1, 0.15) is 5.69 Å². The van der Waals surface area contributed by atoms with E-state index in [2.05, 4.69) is 12.2 Å². The number of hydrogen-bond acceptors (Lipinski definition) is 3. The van der Waals surface area contributed by atoms with Gasteiger partial charge in [-0.1, -0.05) is 36.7 Å². The molecule has 2 atom stereocenters. The molecule has 2 amide bonds. The van der Waals surface area contributed by atoms with E-state index in [-0.39, 0.29) is 23.9 Å². The van der Waals surface area contributed by atoms with Crippen molar-refractivity contribution in [3.63, 3.8) is 0 Å². The second-order valence-electron chi connectivity index (χ2n) is 8.04. The van der Waals surface area contributed by atoms with Gasteiger partial charge in [0, 0.05) is 24.2 Å². The van der Waals surface area contributed by atoms with Crippen LogP contribution in [0.4, 0.5) is 0 Å². The fourth-order valence-corrected chi connectivity index (χ4v) is 4.74. The first kappa shape index (κ1) is 20.9. The maximum atomic E-state index is 13.3. The minimum atomic E-state index is -0.199. The van der Waals surface area contributed by atoms with Gasteiger partial charge < -0.3 is 19.5 Å². The highest BCUT2D eigenvalue weighted by Gasteiger charge is 2.32. The molecule has 0 saturated carbocycles. The van der Waals surface area contributed by atoms with Gasteiger partial charge >= 0.3 is 0 Å². The van der Waals surface area contributed by atoms with Crippen LogP contribution in [0.2, 0.25) is 5.02 Å². The summed E-state index contributed by atoms with van der Waals surface area (Å²) in [6, 6.07) is 9.32. The number of hydrogen-bond donors (Lipinski definition) is 1. The van der Waals surface area contributed by atoms with Crippen molar-refractivity contribution in [2.24, 2.45) is 0 Å². The van der Waals surface area contributed by atoms with E-state index in [0.29, 0.717) is 42.5 Å². The van der Waals surface area contributed by atoms with E-state index >= 15 is 0 Å². The highest BCUT2D eigenvalue weighted by atomic mass is 35.5. The molecule has 4 rings (SSSR count). The van der Waals surface area contributed by atoms with E-state index in [1.165, 1.54) is 0 Å². The maximum Gasteiger partial charge on any atom is 0.268 e. The Kier molecular flexibility index (Phi) is 6.16. The molecule has 160 valence electrons. The van der Waals surface area contributed by atoms with Crippen LogP contribution >= 0.6 is 11.6 Å². The predicted molar refractivity (Wildman–Crippen MR) is 116 cm³/mol. The molecule has 7 heteroatoms. The van der Waals surface area contributed by atoms with Crippen LogP contribution in [-0.4, -0.2) is 40.5 Å². The Morgan fingerprint density at radius 2 is 2.10 bits per heavy atom. The van der Waals surface area contributed by atoms with Crippen molar-refractivity contribution in [3.8, 4) is 0 Å². The van der Waals surface area contributed by atoms with E-state index in [1.54, 1.807) is 6.07 Å². The summed E-state index contributed by atoms with van der Waals surface area (Å²) in [5.41, 5.74) is 2.78. The smallest absolute Gasteiger partial charge is 0.268 e. The number of ether oxygens (including phenoxy) is 1. The van der Waals surface area contributed by atoms with Crippen LogP contribution in [0.25, 0.3) is 0 Å². The van der Waals surface area contributed by atoms with Crippen LogP contribution in [0.3, 0.4) is 0 Å². The lowest BCUT2D eigenvalue weighted by atomic mass is 10.0. The van der Waals surface area contributed by atoms with Crippen molar-refractivity contribution in [3.05, 3.63) is 57.9 Å². The summed E-state index contributed by atoms with van der Waals surface area (Å²) < 4.78 is 7.55. The fourth-order valence-electron chi connectivity index (χ4n) is 4.48. The van der Waals surface area contributed by atoms with Crippen molar-refractivity contribution in [2.75, 3.05) is 13.2 Å². The van der Waals surface area contributed by atoms with Crippen LogP contribution < -0.4 is 5.32 Å². The molecule has 0 unspecified atom stereocenters. The Hall–Kier alpha value is -2.31. The zero-order valence-corrected chi connectivity index (χ0v) is 18.2. The van der Waals surface area contributed by atoms with Gasteiger partial charge in [-0.2, -0.15) is 0 Å². The molecule has 2 aliphatic heterocycles. The third-order valence-corrected chi connectivity index (χ3v) is 6.52. The van der Waals surface area contributed by atoms with Crippen molar-refractivity contribution < 1.29 is 14.3 Å². The van der Waals surface area contributed by atoms with Gasteiger partial charge in [-0.3, -0.25) is 9.59 Å². The lowest BCUT2D eigenvalue weighted by molar-refractivity contribution is 0.0696. The molecule has 0 spiro atoms. The number of nitrogens with zero attached hydrogens (tertiary/aromatic N) is 2. The molecule has 1 aromatic carbocycles. The summed E-state index contributed by atoms with van der Waals surface area (Å²) >= 11 is 6.35. The van der Waals surface area contributed by atoms with Gasteiger partial charge in [-0.25, -0.2) is 0 Å². The molecule has 1 aromatic heterocycles. The number of rotatable bonds is 5. The number of halogens is 1. The van der Waals surface area contributed by atoms with E-state index in [0.717, 1.165) is 30.6 Å². The van der Waals surface area contributed by atoms with Gasteiger partial charge in [0.15, 0.2) is 0 Å². The Bertz CT molecular complexity index is 955. The number of nitrogens with one attached hydrogen (secondary N) is 1. The molecule has 0 radical (unpaired) electrons. The topological polar surface area (TPSA) is 63.6 Å². The summed E-state index contributed by atoms with van der Waals surface area (Å²) in [7, 11) is 0. The molecule has 30 heavy (non-hydrogen) atoms. The Labute approximate surface area is 182 Å². The second-order valence-corrected chi connectivity index (χ2v) is 8.45. The molecule has 2 aliphatic rings. The molecular formula is C23H28ClN3O3. The largest absolute Gasteiger partial charge is 0.373 e. The van der Waals surface area contributed by atoms with Crippen molar-refractivity contribution in [2.45, 2.75) is 58.3 Å². The van der Waals surface area contributed by atoms with Crippen molar-refractivity contribution in [1.29, 1.82) is 0 Å². The Morgan fingerprint density at radius 3 is 2.80 bits per heavy atom. The Balaban J connectivity index is 1.63. The summed E-state index contributed by atoms with van der Waals surface area (Å²) in [6.45, 7) is 6.28. The molecule has 2 aromatic rings. The lowest BCUT2D eigenvalue weighted by Gasteiger charge is -2.23. The zero-order chi connectivity index (χ0) is 21.3. The summed E-state index contributed by atoms with van der Waals surface area (Å²) in [5, 5.41) is 3.74. The van der Waals surface area contributed by atoms with E-state index in [9.17, 15) is 9.59 Å². The molecule has 6 nitrogen and oxygen atoms in total. The average Bonchev–Trinajstić information content (AvgIpc) is 3.36. The predicted octanol–water partition coefficient (Wildman–Crippen LogP) is 4.18. The SMILES string of the molecule is CC[C@@H](NC(=O)c1cc(C(=O)N2CCC[C@@H]2C)c2n1CCOC2)c1ccccc1Cl. The molecular weight excluding hydrogens is 402 g/mol. The third kappa shape index (κ3) is 3.86. The number of carbonyl (C=O) groups excluding carboxylic acids is 2. The number of aromatic nitrogens is 1. The molecule has 0 bridgehead atoms. The minimum absolute atomic E-state index is 0.00792. The standard InChI is InChI=1S/C23H28ClN3O3/c1-3-19(16-8-4-5-9-18(16)24)25-22(28)20-13-17(21-14-30-12-11-27(20)21)23(29)26-10-6-7-15(26)2/h4-5,8-9,13,15,19H,3,6-7,10-12,14H2,1-2H3,(H,25,28)/t15-,19+/m0/s1. The van der Waals surface area contributed by atoms with Crippen LogP contribution in [0.15, 0.2) is 30.3 Å². The molecule has 1 N–H and O–H groups in total. The first-order chi connectivity index (χ1) is 14.5. The van der Waals surface area contributed by atoms with Crippen LogP contribution in [0.5, 0.6) is 0 Å². The van der Waals surface area contributed by atoms with Crippen LogP contribution in [-0.2, 0) is 17.9 Å². The number of benzene rings is 1. The van der Waals surface area contributed by atoms with E-state index in [1.807, 2.05) is 40.7 Å². The van der Waals surface area contributed by atoms with E-state index in [4.69, 9.17) is 16.3 Å². The van der Waals surface area contributed by atoms with Gasteiger partial charge in [0.05, 0.1) is 30.5 Å². The number of likely N-dealkylation sites (tertiary alicyclic amines) is 1. The highest BCUT2D eigenvalue weighted by molar-refractivity contribution is 6.31. The maximum absolute atomic E-state index is 13.3. The first-order valence-corrected chi connectivity index (χ1v) is 11.1. The average molecular weight is 430 g/mol. The second kappa shape index (κ2) is 8.82. The molecule has 0 aliphatic carbocycles. The molecule has 3 heterocycles. The van der Waals surface area contributed by atoms with Gasteiger partial charge in [0.25, 0.3) is 11.8 Å². The molecule has 1 saturated heterocycles. The van der Waals surface area contributed by atoms with E-state index < -0.39 is 0 Å². The molecule has 1 fully saturated rings. The summed E-state index contributed by atoms with van der Waals surface area (Å²) in [5.74, 6) is -0.204. The van der Waals surface area contributed by atoms with Crippen LogP contribution in [0, 0.1) is 0 Å². The summed E-state index contributed by atoms with van der Waals surface area (Å²) in [4.78, 5) is 28.4. The number of carbonyl (C=O) groups is 2. The van der Waals surface area contributed by atoms with Gasteiger partial charge in [0.2, 0.25) is 0 Å². The van der Waals surface area contributed by atoms with Crippen molar-refractivity contribution >= 4 is 23.4 Å². The Morgan fingerprint density at radius 1 is 1.30 bits per heavy atom. The van der Waals surface area contributed by atoms with Crippen molar-refractivity contribution in [1.82, 2.24) is 14.8 Å². The lowest BCUT2D eigenvalue weighted by Crippen LogP contribution is -2.34.